The second-order valence-electron chi connectivity index (χ2n) is 18.3. The molecule has 0 saturated heterocycles. The third-order valence-corrected chi connectivity index (χ3v) is 10.9. The Bertz CT molecular complexity index is 2340. The predicted molar refractivity (Wildman–Crippen MR) is 206 cm³/mol. The quantitative estimate of drug-likeness (QED) is 0.162. The number of benzene rings is 6. The molecule has 8 rings (SSSR count). The Morgan fingerprint density at radius 3 is 0.804 bits per heavy atom. The molecule has 232 valence electrons. The van der Waals surface area contributed by atoms with Crippen LogP contribution < -0.4 is 0 Å². The molecule has 0 N–H and O–H groups in total. The average Bonchev–Trinajstić information content (AvgIpc) is 3.46. The van der Waals surface area contributed by atoms with Gasteiger partial charge in [-0.15, -0.1) is 0 Å². The normalized spacial score (nSPS) is 14.1. The van der Waals surface area contributed by atoms with E-state index in [0.717, 1.165) is 0 Å². The van der Waals surface area contributed by atoms with Crippen molar-refractivity contribution in [2.24, 2.45) is 0 Å². The summed E-state index contributed by atoms with van der Waals surface area (Å²) in [4.78, 5) is 0. The molecule has 0 saturated carbocycles. The van der Waals surface area contributed by atoms with Crippen LogP contribution in [0.3, 0.4) is 0 Å². The molecule has 0 nitrogen and oxygen atoms in total. The van der Waals surface area contributed by atoms with Gasteiger partial charge in [-0.2, -0.15) is 0 Å². The lowest BCUT2D eigenvalue weighted by atomic mass is 9.82. The van der Waals surface area contributed by atoms with E-state index in [1.165, 1.54) is 97.7 Å². The van der Waals surface area contributed by atoms with Crippen LogP contribution in [0.15, 0.2) is 72.8 Å². The molecule has 0 heteroatoms. The van der Waals surface area contributed by atoms with Crippen LogP contribution in [0.5, 0.6) is 0 Å². The van der Waals surface area contributed by atoms with Gasteiger partial charge in [0.2, 0.25) is 0 Å². The molecule has 0 bridgehead atoms. The van der Waals surface area contributed by atoms with Gasteiger partial charge < -0.3 is 0 Å². The molecule has 0 aliphatic rings. The van der Waals surface area contributed by atoms with Gasteiger partial charge in [-0.1, -0.05) is 132 Å². The molecular formula is C46H48. The third-order valence-electron chi connectivity index (χ3n) is 10.9. The topological polar surface area (TPSA) is 0 Å². The summed E-state index contributed by atoms with van der Waals surface area (Å²) in [5, 5.41) is 19.7. The van der Waals surface area contributed by atoms with Crippen molar-refractivity contribution >= 4 is 75.4 Å². The molecule has 0 heterocycles. The summed E-state index contributed by atoms with van der Waals surface area (Å²) in [5.74, 6) is 0. The summed E-state index contributed by atoms with van der Waals surface area (Å²) >= 11 is 0. The molecule has 0 radical (unpaired) electrons. The summed E-state index contributed by atoms with van der Waals surface area (Å²) in [6.07, 6.45) is 0. The first-order valence-corrected chi connectivity index (χ1v) is 17.2. The highest BCUT2D eigenvalue weighted by Gasteiger charge is 2.28. The lowest BCUT2D eigenvalue weighted by molar-refractivity contribution is 0.589. The van der Waals surface area contributed by atoms with Crippen LogP contribution in [0, 0.1) is 0 Å². The van der Waals surface area contributed by atoms with Crippen molar-refractivity contribution in [3.63, 3.8) is 0 Å². The predicted octanol–water partition coefficient (Wildman–Crippen LogP) is 13.8. The van der Waals surface area contributed by atoms with Gasteiger partial charge >= 0.3 is 0 Å². The maximum atomic E-state index is 2.54. The van der Waals surface area contributed by atoms with Crippen molar-refractivity contribution in [1.29, 1.82) is 0 Å². The standard InChI is InChI=1S/C46H48/c1-43(2,3)27-17-25-19-29(45(7,8)9)23-35-37(25)33(21-27)39-31-15-13-14-16-32(31)40-34-22-28(44(4,5)6)18-26-20-30(46(10,11)12)24-36(38(26)34)42(40)41(35)39/h13-24H,1-12H3. The molecule has 0 aliphatic heterocycles. The number of fused-ring (bicyclic) bond motifs is 10. The van der Waals surface area contributed by atoms with Gasteiger partial charge in [0, 0.05) is 0 Å². The van der Waals surface area contributed by atoms with Gasteiger partial charge in [-0.25, -0.2) is 0 Å². The summed E-state index contributed by atoms with van der Waals surface area (Å²) in [6, 6.07) is 29.3. The van der Waals surface area contributed by atoms with Crippen LogP contribution in [-0.2, 0) is 21.7 Å². The van der Waals surface area contributed by atoms with E-state index < -0.39 is 0 Å². The van der Waals surface area contributed by atoms with Gasteiger partial charge in [0.1, 0.15) is 0 Å². The van der Waals surface area contributed by atoms with Crippen molar-refractivity contribution < 1.29 is 0 Å². The molecule has 46 heavy (non-hydrogen) atoms. The Kier molecular flexibility index (Phi) is 5.72. The maximum absolute atomic E-state index is 2.54. The minimum atomic E-state index is 0.0371. The highest BCUT2D eigenvalue weighted by Crippen LogP contribution is 2.53. The number of hydrogen-bond acceptors (Lipinski definition) is 0. The van der Waals surface area contributed by atoms with E-state index in [-0.39, 0.29) is 21.7 Å². The molecule has 0 fully saturated rings. The summed E-state index contributed by atoms with van der Waals surface area (Å²) < 4.78 is 0. The van der Waals surface area contributed by atoms with Crippen LogP contribution in [0.25, 0.3) is 75.4 Å². The van der Waals surface area contributed by atoms with Crippen molar-refractivity contribution in [2.45, 2.75) is 105 Å². The van der Waals surface area contributed by atoms with Crippen molar-refractivity contribution in [2.75, 3.05) is 0 Å². The van der Waals surface area contributed by atoms with E-state index >= 15 is 0 Å². The Morgan fingerprint density at radius 1 is 0.283 bits per heavy atom. The average molecular weight is 601 g/mol. The molecule has 0 amide bonds. The highest BCUT2D eigenvalue weighted by molar-refractivity contribution is 6.50. The first kappa shape index (κ1) is 29.5. The molecule has 0 aliphatic carbocycles. The SMILES string of the molecule is CC(C)(C)c1cc2cc(C(C)(C)C)cc3c2c(c1)c1c2ccccc2c2c4cc(C(C)(C)C)cc5cc(C(C)(C)C)cc(c54)c2c31. The Balaban J connectivity index is 1.77. The molecule has 0 aromatic heterocycles. The Hall–Kier alpha value is -3.90. The fourth-order valence-electron chi connectivity index (χ4n) is 8.09. The van der Waals surface area contributed by atoms with Crippen LogP contribution in [0.2, 0.25) is 0 Å². The number of hydrogen-bond donors (Lipinski definition) is 0. The van der Waals surface area contributed by atoms with Gasteiger partial charge in [0.05, 0.1) is 0 Å². The summed E-state index contributed by atoms with van der Waals surface area (Å²) in [7, 11) is 0. The van der Waals surface area contributed by atoms with E-state index in [0.29, 0.717) is 0 Å². The molecule has 0 spiro atoms. The maximum Gasteiger partial charge on any atom is -0.000708 e. The minimum Gasteiger partial charge on any atom is -0.0616 e. The molecule has 8 aromatic carbocycles. The monoisotopic (exact) mass is 600 g/mol. The molecule has 0 unspecified atom stereocenters. The summed E-state index contributed by atoms with van der Waals surface area (Å²) in [6.45, 7) is 28.3. The van der Waals surface area contributed by atoms with Crippen molar-refractivity contribution in [1.82, 2.24) is 0 Å². The van der Waals surface area contributed by atoms with Crippen LogP contribution >= 0.6 is 0 Å². The Morgan fingerprint density at radius 2 is 0.543 bits per heavy atom. The lowest BCUT2D eigenvalue weighted by Crippen LogP contribution is -2.12. The van der Waals surface area contributed by atoms with Crippen molar-refractivity contribution in [3.05, 3.63) is 95.1 Å². The van der Waals surface area contributed by atoms with Gasteiger partial charge in [-0.05, 0) is 144 Å². The lowest BCUT2D eigenvalue weighted by Gasteiger charge is -2.23. The van der Waals surface area contributed by atoms with Gasteiger partial charge in [0.15, 0.2) is 0 Å². The van der Waals surface area contributed by atoms with Gasteiger partial charge in [0.25, 0.3) is 0 Å². The molecular weight excluding hydrogens is 553 g/mol. The van der Waals surface area contributed by atoms with Crippen LogP contribution in [0.1, 0.15) is 105 Å². The third kappa shape index (κ3) is 4.05. The number of rotatable bonds is 0. The smallest absolute Gasteiger partial charge is 0.000708 e. The fraction of sp³-hybridized carbons (Fsp3) is 0.348. The summed E-state index contributed by atoms with van der Waals surface area (Å²) in [5.41, 5.74) is 5.78. The molecule has 8 aromatic rings. The molecule has 0 atom stereocenters. The second-order valence-corrected chi connectivity index (χ2v) is 18.3. The highest BCUT2D eigenvalue weighted by atomic mass is 14.3. The van der Waals surface area contributed by atoms with Gasteiger partial charge in [-0.3, -0.25) is 0 Å². The van der Waals surface area contributed by atoms with Crippen LogP contribution in [0.4, 0.5) is 0 Å². The van der Waals surface area contributed by atoms with E-state index in [1.54, 1.807) is 0 Å². The first-order chi connectivity index (χ1) is 21.3. The zero-order valence-electron chi connectivity index (χ0n) is 29.9. The zero-order valence-corrected chi connectivity index (χ0v) is 29.9. The second kappa shape index (κ2) is 8.92. The first-order valence-electron chi connectivity index (χ1n) is 17.2. The Labute approximate surface area is 274 Å². The van der Waals surface area contributed by atoms with Crippen LogP contribution in [-0.4, -0.2) is 0 Å². The van der Waals surface area contributed by atoms with E-state index in [1.807, 2.05) is 0 Å². The van der Waals surface area contributed by atoms with E-state index in [9.17, 15) is 0 Å². The fourth-order valence-corrected chi connectivity index (χ4v) is 8.09. The largest absolute Gasteiger partial charge is 0.0616 e. The zero-order chi connectivity index (χ0) is 32.9. The minimum absolute atomic E-state index is 0.0371. The van der Waals surface area contributed by atoms with E-state index in [2.05, 4.69) is 156 Å². The van der Waals surface area contributed by atoms with E-state index in [4.69, 9.17) is 0 Å². The van der Waals surface area contributed by atoms with Crippen molar-refractivity contribution in [3.8, 4) is 0 Å².